The molecule has 0 aromatic heterocycles. The van der Waals surface area contributed by atoms with Crippen LogP contribution in [0.4, 0.5) is 0 Å². The third-order valence-corrected chi connectivity index (χ3v) is 5.67. The summed E-state index contributed by atoms with van der Waals surface area (Å²) in [6, 6.07) is 0. The summed E-state index contributed by atoms with van der Waals surface area (Å²) in [5, 5.41) is 0.851. The van der Waals surface area contributed by atoms with E-state index in [-0.39, 0.29) is 0 Å². The Morgan fingerprint density at radius 3 is 0.886 bits per heavy atom. The van der Waals surface area contributed by atoms with E-state index in [0.29, 0.717) is 85.9 Å². The van der Waals surface area contributed by atoms with Crippen LogP contribution in [0.3, 0.4) is 0 Å². The first kappa shape index (κ1) is 35.2. The average molecular weight is 572 g/mol. The summed E-state index contributed by atoms with van der Waals surface area (Å²) in [6.07, 6.45) is 15.0. The van der Waals surface area contributed by atoms with Crippen molar-refractivity contribution < 1.29 is 33.2 Å². The molecule has 0 aliphatic heterocycles. The Morgan fingerprint density at radius 1 is 0.314 bits per heavy atom. The maximum absolute atomic E-state index is 5.64. The molecule has 0 bridgehead atoms. The maximum Gasteiger partial charge on any atom is 0.0701 e. The minimum atomic E-state index is 0.560. The van der Waals surface area contributed by atoms with Crippen molar-refractivity contribution >= 4 is 15.9 Å². The molecule has 7 nitrogen and oxygen atoms in total. The Kier molecular flexibility index (Phi) is 34.4. The second-order valence-electron chi connectivity index (χ2n) is 8.51. The Labute approximate surface area is 224 Å². The molecule has 0 saturated carbocycles. The number of rotatable bonds is 32. The first-order valence-corrected chi connectivity index (χ1v) is 15.1. The number of halogens is 1. The summed E-state index contributed by atoms with van der Waals surface area (Å²) >= 11 is 3.31. The van der Waals surface area contributed by atoms with Crippen LogP contribution in [0, 0.1) is 0 Å². The van der Waals surface area contributed by atoms with E-state index in [0.717, 1.165) is 18.4 Å². The van der Waals surface area contributed by atoms with Gasteiger partial charge in [0, 0.05) is 11.9 Å². The van der Waals surface area contributed by atoms with Crippen LogP contribution in [-0.4, -0.2) is 97.8 Å². The van der Waals surface area contributed by atoms with Crippen molar-refractivity contribution in [2.75, 3.05) is 97.8 Å². The predicted octanol–water partition coefficient (Wildman–Crippen LogP) is 5.81. The zero-order valence-corrected chi connectivity index (χ0v) is 24.2. The lowest BCUT2D eigenvalue weighted by molar-refractivity contribution is -0.0201. The number of alkyl halides is 1. The van der Waals surface area contributed by atoms with E-state index < -0.39 is 0 Å². The van der Waals surface area contributed by atoms with E-state index >= 15 is 0 Å². The van der Waals surface area contributed by atoms with Gasteiger partial charge in [0.1, 0.15) is 0 Å². The maximum atomic E-state index is 5.64. The van der Waals surface area contributed by atoms with Gasteiger partial charge in [0.2, 0.25) is 0 Å². The molecule has 0 aliphatic carbocycles. The quantitative estimate of drug-likeness (QED) is 0.0746. The van der Waals surface area contributed by atoms with Crippen molar-refractivity contribution in [2.24, 2.45) is 0 Å². The van der Waals surface area contributed by atoms with Gasteiger partial charge >= 0.3 is 0 Å². The molecular weight excluding hydrogens is 516 g/mol. The average Bonchev–Trinajstić information content (AvgIpc) is 2.87. The van der Waals surface area contributed by atoms with Gasteiger partial charge in [-0.3, -0.25) is 0 Å². The van der Waals surface area contributed by atoms with Gasteiger partial charge in [-0.25, -0.2) is 0 Å². The molecule has 0 saturated heterocycles. The van der Waals surface area contributed by atoms with Gasteiger partial charge in [0.05, 0.1) is 85.9 Å². The van der Waals surface area contributed by atoms with Crippen molar-refractivity contribution in [3.05, 3.63) is 0 Å². The number of hydrogen-bond donors (Lipinski definition) is 0. The molecule has 0 aromatic carbocycles. The molecule has 0 radical (unpaired) electrons. The van der Waals surface area contributed by atoms with Crippen LogP contribution >= 0.6 is 15.9 Å². The fraction of sp³-hybridized carbons (Fsp3) is 1.00. The van der Waals surface area contributed by atoms with E-state index in [1.165, 1.54) is 64.2 Å². The zero-order chi connectivity index (χ0) is 25.3. The lowest BCUT2D eigenvalue weighted by atomic mass is 10.1. The highest BCUT2D eigenvalue weighted by atomic mass is 79.9. The van der Waals surface area contributed by atoms with Crippen molar-refractivity contribution in [1.82, 2.24) is 0 Å². The lowest BCUT2D eigenvalue weighted by Gasteiger charge is -2.08. The van der Waals surface area contributed by atoms with Crippen molar-refractivity contribution in [3.63, 3.8) is 0 Å². The van der Waals surface area contributed by atoms with Crippen LogP contribution in [0.5, 0.6) is 0 Å². The van der Waals surface area contributed by atoms with Gasteiger partial charge in [-0.15, -0.1) is 0 Å². The molecule has 35 heavy (non-hydrogen) atoms. The summed E-state index contributed by atoms with van der Waals surface area (Å²) in [5.74, 6) is 0. The molecule has 0 amide bonds. The molecule has 0 aliphatic rings. The molecule has 0 N–H and O–H groups in total. The van der Waals surface area contributed by atoms with Crippen molar-refractivity contribution in [3.8, 4) is 0 Å². The fourth-order valence-corrected chi connectivity index (χ4v) is 3.57. The van der Waals surface area contributed by atoms with Gasteiger partial charge in [-0.2, -0.15) is 0 Å². The van der Waals surface area contributed by atoms with Crippen LogP contribution in [0.15, 0.2) is 0 Å². The van der Waals surface area contributed by atoms with Crippen LogP contribution in [0.25, 0.3) is 0 Å². The van der Waals surface area contributed by atoms with E-state index in [1.54, 1.807) is 0 Å². The Balaban J connectivity index is 3.00. The van der Waals surface area contributed by atoms with Crippen LogP contribution < -0.4 is 0 Å². The minimum absolute atomic E-state index is 0.560. The zero-order valence-electron chi connectivity index (χ0n) is 22.6. The summed E-state index contributed by atoms with van der Waals surface area (Å²) in [5.41, 5.74) is 0. The minimum Gasteiger partial charge on any atom is -0.379 e. The van der Waals surface area contributed by atoms with E-state index in [2.05, 4.69) is 22.9 Å². The van der Waals surface area contributed by atoms with E-state index in [4.69, 9.17) is 33.2 Å². The number of hydrogen-bond acceptors (Lipinski definition) is 7. The molecule has 0 atom stereocenters. The molecule has 0 unspecified atom stereocenters. The van der Waals surface area contributed by atoms with Gasteiger partial charge in [0.15, 0.2) is 0 Å². The normalized spacial score (nSPS) is 11.5. The smallest absolute Gasteiger partial charge is 0.0701 e. The molecule has 0 heterocycles. The van der Waals surface area contributed by atoms with Gasteiger partial charge in [0.25, 0.3) is 0 Å². The van der Waals surface area contributed by atoms with E-state index in [9.17, 15) is 0 Å². The second-order valence-corrected chi connectivity index (χ2v) is 9.30. The molecule has 8 heteroatoms. The Hall–Kier alpha value is 0.200. The first-order chi connectivity index (χ1) is 17.4. The summed E-state index contributed by atoms with van der Waals surface area (Å²) in [4.78, 5) is 0. The molecule has 0 rings (SSSR count). The number of ether oxygens (including phenoxy) is 7. The molecule has 0 aromatic rings. The topological polar surface area (TPSA) is 64.6 Å². The molecule has 0 fully saturated rings. The molecular formula is C27H55BrO7. The monoisotopic (exact) mass is 570 g/mol. The molecule has 212 valence electrons. The highest BCUT2D eigenvalue weighted by Crippen LogP contribution is 2.11. The summed E-state index contributed by atoms with van der Waals surface area (Å²) < 4.78 is 38.2. The second kappa shape index (κ2) is 34.2. The van der Waals surface area contributed by atoms with Gasteiger partial charge in [-0.1, -0.05) is 87.1 Å². The van der Waals surface area contributed by atoms with Gasteiger partial charge < -0.3 is 33.2 Å². The van der Waals surface area contributed by atoms with Crippen LogP contribution in [0.1, 0.15) is 77.6 Å². The van der Waals surface area contributed by atoms with Crippen LogP contribution in [-0.2, 0) is 33.2 Å². The first-order valence-electron chi connectivity index (χ1n) is 14.0. The van der Waals surface area contributed by atoms with Crippen molar-refractivity contribution in [1.29, 1.82) is 0 Å². The van der Waals surface area contributed by atoms with Crippen molar-refractivity contribution in [2.45, 2.75) is 77.6 Å². The highest BCUT2D eigenvalue weighted by Gasteiger charge is 1.96. The third kappa shape index (κ3) is 34.2. The van der Waals surface area contributed by atoms with Crippen LogP contribution in [0.2, 0.25) is 0 Å². The van der Waals surface area contributed by atoms with Gasteiger partial charge in [-0.05, 0) is 6.42 Å². The SMILES string of the molecule is CCCCCCCCCCCCCOCCOCCOCCOCCOCCOCCOCCBr. The standard InChI is InChI=1S/C27H55BrO7/c1-2-3-4-5-6-7-8-9-10-11-12-14-29-16-18-31-20-22-33-24-26-35-27-25-34-23-21-32-19-17-30-15-13-28/h2-27H2,1H3. The largest absolute Gasteiger partial charge is 0.379 e. The third-order valence-electron chi connectivity index (χ3n) is 5.35. The lowest BCUT2D eigenvalue weighted by Crippen LogP contribution is -2.14. The summed E-state index contributed by atoms with van der Waals surface area (Å²) in [7, 11) is 0. The number of unbranched alkanes of at least 4 members (excludes halogenated alkanes) is 10. The fourth-order valence-electron chi connectivity index (χ4n) is 3.34. The summed E-state index contributed by atoms with van der Waals surface area (Å²) in [6.45, 7) is 10.9. The predicted molar refractivity (Wildman–Crippen MR) is 146 cm³/mol. The Bertz CT molecular complexity index is 332. The highest BCUT2D eigenvalue weighted by molar-refractivity contribution is 9.09. The molecule has 0 spiro atoms. The Morgan fingerprint density at radius 2 is 0.571 bits per heavy atom. The van der Waals surface area contributed by atoms with E-state index in [1.807, 2.05) is 0 Å².